The van der Waals surface area contributed by atoms with E-state index in [9.17, 15) is 0 Å². The minimum atomic E-state index is -2.14. The molecule has 2 N–H and O–H groups in total. The van der Waals surface area contributed by atoms with E-state index < -0.39 is 8.60 Å². The summed E-state index contributed by atoms with van der Waals surface area (Å²) in [4.78, 5) is 16.2. The molecule has 0 aliphatic carbocycles. The lowest BCUT2D eigenvalue weighted by molar-refractivity contribution is 0.201. The summed E-state index contributed by atoms with van der Waals surface area (Å²) in [6.07, 6.45) is -0.0962. The van der Waals surface area contributed by atoms with Crippen molar-refractivity contribution in [1.82, 2.24) is 0 Å². The first-order chi connectivity index (χ1) is 3.13. The van der Waals surface area contributed by atoms with Gasteiger partial charge in [-0.05, 0) is 13.8 Å². The molecule has 0 aromatic carbocycles. The van der Waals surface area contributed by atoms with E-state index in [0.717, 1.165) is 0 Å². The molecule has 5 heteroatoms. The normalized spacial score (nSPS) is 9.75. The molecule has 0 rings (SSSR count). The van der Waals surface area contributed by atoms with Gasteiger partial charge in [-0.3, -0.25) is 0 Å². The smallest absolute Gasteiger partial charge is 0.327 e. The fraction of sp³-hybridized carbons (Fsp3) is 1.00. The van der Waals surface area contributed by atoms with Crippen molar-refractivity contribution in [3.63, 3.8) is 0 Å². The zero-order valence-electron chi connectivity index (χ0n) is 4.90. The van der Waals surface area contributed by atoms with Crippen LogP contribution < -0.4 is 0 Å². The van der Waals surface area contributed by atoms with E-state index in [4.69, 9.17) is 9.79 Å². The molecule has 47 valence electrons. The van der Waals surface area contributed by atoms with Crippen molar-refractivity contribution < 1.29 is 14.3 Å². The van der Waals surface area contributed by atoms with Crippen molar-refractivity contribution >= 4 is 17.0 Å². The van der Waals surface area contributed by atoms with Gasteiger partial charge in [0.1, 0.15) is 0 Å². The third kappa shape index (κ3) is 9.62. The van der Waals surface area contributed by atoms with Gasteiger partial charge in [0, 0.05) is 8.41 Å². The van der Waals surface area contributed by atoms with E-state index in [-0.39, 0.29) is 14.5 Å². The molecule has 0 fully saturated rings. The summed E-state index contributed by atoms with van der Waals surface area (Å²) < 4.78 is 4.43. The van der Waals surface area contributed by atoms with E-state index in [1.54, 1.807) is 13.8 Å². The second-order valence-corrected chi connectivity index (χ2v) is 2.12. The third-order valence-electron chi connectivity index (χ3n) is 0.305. The maximum atomic E-state index is 8.12. The average Bonchev–Trinajstić information content (AvgIpc) is 1.27. The Morgan fingerprint density at radius 1 is 1.38 bits per heavy atom. The Morgan fingerprint density at radius 3 is 1.75 bits per heavy atom. The highest BCUT2D eigenvalue weighted by atomic mass is 31.2. The zero-order valence-corrected chi connectivity index (χ0v) is 5.80. The Hall–Kier alpha value is 0.375. The maximum absolute atomic E-state index is 8.12. The van der Waals surface area contributed by atoms with Gasteiger partial charge >= 0.3 is 8.60 Å². The van der Waals surface area contributed by atoms with Crippen LogP contribution in [0.15, 0.2) is 0 Å². The van der Waals surface area contributed by atoms with E-state index in [1.165, 1.54) is 0 Å². The molecule has 0 amide bonds. The van der Waals surface area contributed by atoms with Crippen LogP contribution in [-0.2, 0) is 4.52 Å². The minimum absolute atomic E-state index is 0. The fourth-order valence-corrected chi connectivity index (χ4v) is 0.566. The molecule has 0 atom stereocenters. The summed E-state index contributed by atoms with van der Waals surface area (Å²) in [7, 11) is -2.14. The lowest BCUT2D eigenvalue weighted by Crippen LogP contribution is -1.95. The average molecular weight is 135 g/mol. The summed E-state index contributed by atoms with van der Waals surface area (Å²) in [5.74, 6) is 0. The molecule has 0 saturated heterocycles. The van der Waals surface area contributed by atoms with Gasteiger partial charge in [-0.2, -0.15) is 0 Å². The topological polar surface area (TPSA) is 49.7 Å². The molecule has 3 nitrogen and oxygen atoms in total. The second-order valence-electron chi connectivity index (χ2n) is 1.41. The van der Waals surface area contributed by atoms with Crippen LogP contribution in [0.1, 0.15) is 13.8 Å². The molecule has 8 heavy (non-hydrogen) atoms. The molecule has 0 aromatic heterocycles. The van der Waals surface area contributed by atoms with Crippen molar-refractivity contribution in [2.45, 2.75) is 20.0 Å². The quantitative estimate of drug-likeness (QED) is 0.421. The molecule has 0 aliphatic rings. The van der Waals surface area contributed by atoms with Gasteiger partial charge in [-0.15, -0.1) is 0 Å². The number of hydrogen-bond donors (Lipinski definition) is 2. The highest BCUT2D eigenvalue weighted by molar-refractivity contribution is 7.39. The van der Waals surface area contributed by atoms with E-state index in [0.29, 0.717) is 0 Å². The van der Waals surface area contributed by atoms with Gasteiger partial charge in [0.05, 0.1) is 6.10 Å². The SMILES string of the molecule is CC(C)OP(O)O.[B]. The predicted molar refractivity (Wildman–Crippen MR) is 33.3 cm³/mol. The summed E-state index contributed by atoms with van der Waals surface area (Å²) >= 11 is 0. The van der Waals surface area contributed by atoms with Gasteiger partial charge in [0.2, 0.25) is 0 Å². The Kier molecular flexibility index (Phi) is 7.72. The maximum Gasteiger partial charge on any atom is 0.327 e. The third-order valence-corrected chi connectivity index (χ3v) is 0.915. The summed E-state index contributed by atoms with van der Waals surface area (Å²) in [6.45, 7) is 3.48. The van der Waals surface area contributed by atoms with Crippen molar-refractivity contribution in [3.8, 4) is 0 Å². The van der Waals surface area contributed by atoms with Crippen LogP contribution >= 0.6 is 8.60 Å². The first-order valence-electron chi connectivity index (χ1n) is 1.97. The van der Waals surface area contributed by atoms with Crippen LogP contribution in [-0.4, -0.2) is 24.3 Å². The van der Waals surface area contributed by atoms with Gasteiger partial charge in [-0.1, -0.05) is 0 Å². The van der Waals surface area contributed by atoms with Gasteiger partial charge in [0.15, 0.2) is 0 Å². The molecule has 0 aliphatic heterocycles. The number of hydrogen-bond acceptors (Lipinski definition) is 3. The lowest BCUT2D eigenvalue weighted by atomic mass is 10.5. The van der Waals surface area contributed by atoms with Gasteiger partial charge in [0.25, 0.3) is 0 Å². The van der Waals surface area contributed by atoms with Crippen molar-refractivity contribution in [2.24, 2.45) is 0 Å². The van der Waals surface area contributed by atoms with Crippen LogP contribution in [0.2, 0.25) is 0 Å². The molecule has 0 heterocycles. The Bertz CT molecular complexity index is 43.8. The van der Waals surface area contributed by atoms with E-state index >= 15 is 0 Å². The Morgan fingerprint density at radius 2 is 1.75 bits per heavy atom. The highest BCUT2D eigenvalue weighted by Gasteiger charge is 2.00. The molecular weight excluding hydrogens is 126 g/mol. The molecule has 0 unspecified atom stereocenters. The largest absolute Gasteiger partial charge is 0.328 e. The molecule has 0 spiro atoms. The van der Waals surface area contributed by atoms with Crippen LogP contribution in [0.5, 0.6) is 0 Å². The fourth-order valence-electron chi connectivity index (χ4n) is 0.189. The molecule has 0 bridgehead atoms. The predicted octanol–water partition coefficient (Wildman–Crippen LogP) is 0.242. The standard InChI is InChI=1S/C3H9O3P.B/c1-3(2)6-7(4)5;/h3-5H,1-2H3;. The van der Waals surface area contributed by atoms with Crippen LogP contribution in [0, 0.1) is 0 Å². The van der Waals surface area contributed by atoms with Crippen molar-refractivity contribution in [2.75, 3.05) is 0 Å². The van der Waals surface area contributed by atoms with Crippen molar-refractivity contribution in [1.29, 1.82) is 0 Å². The van der Waals surface area contributed by atoms with E-state index in [1.807, 2.05) is 0 Å². The second kappa shape index (κ2) is 5.51. The first kappa shape index (κ1) is 11.2. The molecule has 0 aromatic rings. The summed E-state index contributed by atoms with van der Waals surface area (Å²) in [5.41, 5.74) is 0. The highest BCUT2D eigenvalue weighted by Crippen LogP contribution is 2.25. The Labute approximate surface area is 52.3 Å². The van der Waals surface area contributed by atoms with E-state index in [2.05, 4.69) is 4.52 Å². The van der Waals surface area contributed by atoms with Gasteiger partial charge < -0.3 is 14.3 Å². The van der Waals surface area contributed by atoms with Crippen molar-refractivity contribution in [3.05, 3.63) is 0 Å². The van der Waals surface area contributed by atoms with Crippen LogP contribution in [0.4, 0.5) is 0 Å². The zero-order chi connectivity index (χ0) is 5.86. The lowest BCUT2D eigenvalue weighted by Gasteiger charge is -2.04. The first-order valence-corrected chi connectivity index (χ1v) is 3.14. The molecular formula is C3H9BO3P. The minimum Gasteiger partial charge on any atom is -0.328 e. The number of rotatable bonds is 2. The summed E-state index contributed by atoms with van der Waals surface area (Å²) in [6, 6.07) is 0. The monoisotopic (exact) mass is 135 g/mol. The van der Waals surface area contributed by atoms with Crippen LogP contribution in [0.3, 0.4) is 0 Å². The molecule has 3 radical (unpaired) electrons. The van der Waals surface area contributed by atoms with Crippen LogP contribution in [0.25, 0.3) is 0 Å². The Balaban J connectivity index is 0. The molecule has 0 saturated carbocycles. The summed E-state index contributed by atoms with van der Waals surface area (Å²) in [5, 5.41) is 0. The van der Waals surface area contributed by atoms with Gasteiger partial charge in [-0.25, -0.2) is 0 Å².